The van der Waals surface area contributed by atoms with E-state index in [2.05, 4.69) is 10.3 Å². The highest BCUT2D eigenvalue weighted by molar-refractivity contribution is 6.30. The number of carbonyl (C=O) groups excluding carboxylic acids is 1. The van der Waals surface area contributed by atoms with Crippen molar-refractivity contribution in [3.05, 3.63) is 40.7 Å². The van der Waals surface area contributed by atoms with E-state index in [1.165, 1.54) is 4.90 Å². The highest BCUT2D eigenvalue weighted by atomic mass is 35.5. The third-order valence-corrected chi connectivity index (χ3v) is 5.38. The Hall–Kier alpha value is -2.58. The highest BCUT2D eigenvalue weighted by Crippen LogP contribution is 2.28. The molecule has 0 saturated carbocycles. The summed E-state index contributed by atoms with van der Waals surface area (Å²) in [4.78, 5) is 30.3. The molecule has 2 amide bonds. The number of halogens is 1. The first-order valence-corrected chi connectivity index (χ1v) is 9.74. The Bertz CT molecular complexity index is 918. The molecule has 8 nitrogen and oxygen atoms in total. The van der Waals surface area contributed by atoms with Crippen molar-refractivity contribution in [2.45, 2.75) is 39.9 Å². The third kappa shape index (κ3) is 4.38. The summed E-state index contributed by atoms with van der Waals surface area (Å²) in [7, 11) is 0. The summed E-state index contributed by atoms with van der Waals surface area (Å²) >= 11 is 5.98. The third-order valence-electron chi connectivity index (χ3n) is 5.13. The predicted octanol–water partition coefficient (Wildman–Crippen LogP) is 2.83. The lowest BCUT2D eigenvalue weighted by atomic mass is 9.87. The van der Waals surface area contributed by atoms with Crippen LogP contribution in [0.15, 0.2) is 24.3 Å². The molecule has 1 aliphatic heterocycles. The van der Waals surface area contributed by atoms with Crippen LogP contribution in [0, 0.1) is 5.41 Å². The number of hydrogen-bond donors (Lipinski definition) is 3. The van der Waals surface area contributed by atoms with Gasteiger partial charge in [-0.2, -0.15) is 0 Å². The number of carbonyl (C=O) groups is 2. The predicted molar refractivity (Wildman–Crippen MR) is 109 cm³/mol. The fraction of sp³-hybridized carbons (Fsp3) is 0.450. The van der Waals surface area contributed by atoms with E-state index in [0.717, 1.165) is 5.56 Å². The van der Waals surface area contributed by atoms with E-state index >= 15 is 0 Å². The Labute approximate surface area is 174 Å². The standard InChI is InChI=1S/C20H25ClN4O4/c1-20(2,3)15(11-26)22-18(27)16-14-10-24(19(28)29)8-9-25(14)17(23-16)12-4-6-13(21)7-5-12/h4-7,15,26H,8-11H2,1-3H3,(H,22,27)(H,28,29)/t15-/m1/s1. The topological polar surface area (TPSA) is 108 Å². The molecule has 156 valence electrons. The minimum atomic E-state index is -1.04. The molecule has 0 fully saturated rings. The summed E-state index contributed by atoms with van der Waals surface area (Å²) in [5.41, 5.74) is 1.14. The van der Waals surface area contributed by atoms with Crippen molar-refractivity contribution in [3.63, 3.8) is 0 Å². The second-order valence-corrected chi connectivity index (χ2v) is 8.60. The van der Waals surface area contributed by atoms with Gasteiger partial charge in [-0.3, -0.25) is 4.79 Å². The number of aliphatic hydroxyl groups excluding tert-OH is 1. The number of hydrogen-bond acceptors (Lipinski definition) is 4. The zero-order valence-electron chi connectivity index (χ0n) is 16.6. The SMILES string of the molecule is CC(C)(C)[C@@H](CO)NC(=O)c1nc(-c2ccc(Cl)cc2)n2c1CN(C(=O)O)CC2. The first-order chi connectivity index (χ1) is 13.6. The van der Waals surface area contributed by atoms with Crippen LogP contribution in [0.2, 0.25) is 5.02 Å². The summed E-state index contributed by atoms with van der Waals surface area (Å²) in [6, 6.07) is 6.65. The van der Waals surface area contributed by atoms with E-state index in [4.69, 9.17) is 11.6 Å². The van der Waals surface area contributed by atoms with Gasteiger partial charge in [-0.25, -0.2) is 9.78 Å². The second kappa shape index (κ2) is 8.04. The number of aliphatic hydroxyl groups is 1. The van der Waals surface area contributed by atoms with Gasteiger partial charge in [-0.15, -0.1) is 0 Å². The van der Waals surface area contributed by atoms with Crippen molar-refractivity contribution < 1.29 is 19.8 Å². The molecule has 1 aromatic carbocycles. The van der Waals surface area contributed by atoms with Crippen LogP contribution in [0.5, 0.6) is 0 Å². The summed E-state index contributed by atoms with van der Waals surface area (Å²) in [6.07, 6.45) is -1.04. The molecular weight excluding hydrogens is 396 g/mol. The van der Waals surface area contributed by atoms with E-state index in [-0.39, 0.29) is 24.3 Å². The van der Waals surface area contributed by atoms with Crippen LogP contribution in [0.4, 0.5) is 4.79 Å². The zero-order chi connectivity index (χ0) is 21.3. The van der Waals surface area contributed by atoms with Gasteiger partial charge in [0.25, 0.3) is 5.91 Å². The van der Waals surface area contributed by atoms with E-state index in [1.54, 1.807) is 12.1 Å². The van der Waals surface area contributed by atoms with E-state index < -0.39 is 18.0 Å². The lowest BCUT2D eigenvalue weighted by Gasteiger charge is -2.30. The number of nitrogens with one attached hydrogen (secondary N) is 1. The molecule has 0 aliphatic carbocycles. The molecule has 3 N–H and O–H groups in total. The van der Waals surface area contributed by atoms with Gasteiger partial charge in [0.05, 0.1) is 24.9 Å². The molecule has 1 atom stereocenters. The molecule has 0 unspecified atom stereocenters. The van der Waals surface area contributed by atoms with Crippen molar-refractivity contribution >= 4 is 23.6 Å². The molecule has 0 radical (unpaired) electrons. The van der Waals surface area contributed by atoms with Gasteiger partial charge in [-0.05, 0) is 29.7 Å². The van der Waals surface area contributed by atoms with Crippen LogP contribution in [-0.4, -0.2) is 55.9 Å². The van der Waals surface area contributed by atoms with Crippen molar-refractivity contribution in [2.75, 3.05) is 13.2 Å². The molecular formula is C20H25ClN4O4. The first kappa shape index (κ1) is 21.1. The fourth-order valence-corrected chi connectivity index (χ4v) is 3.42. The number of nitrogens with zero attached hydrogens (tertiary/aromatic N) is 3. The Morgan fingerprint density at radius 2 is 1.90 bits per heavy atom. The van der Waals surface area contributed by atoms with Crippen LogP contribution in [0.1, 0.15) is 37.0 Å². The number of rotatable bonds is 4. The molecule has 9 heteroatoms. The summed E-state index contributed by atoms with van der Waals surface area (Å²) in [6.45, 7) is 6.31. The van der Waals surface area contributed by atoms with E-state index in [0.29, 0.717) is 29.6 Å². The molecule has 2 heterocycles. The van der Waals surface area contributed by atoms with E-state index in [9.17, 15) is 19.8 Å². The number of aromatic nitrogens is 2. The fourth-order valence-electron chi connectivity index (χ4n) is 3.30. The average molecular weight is 421 g/mol. The smallest absolute Gasteiger partial charge is 0.407 e. The lowest BCUT2D eigenvalue weighted by Crippen LogP contribution is -2.47. The highest BCUT2D eigenvalue weighted by Gasteiger charge is 2.32. The Morgan fingerprint density at radius 1 is 1.24 bits per heavy atom. The molecule has 1 aliphatic rings. The number of amides is 2. The van der Waals surface area contributed by atoms with E-state index in [1.807, 2.05) is 37.5 Å². The Balaban J connectivity index is 2.03. The monoisotopic (exact) mass is 420 g/mol. The van der Waals surface area contributed by atoms with Crippen molar-refractivity contribution in [2.24, 2.45) is 5.41 Å². The normalized spacial score (nSPS) is 15.0. The minimum absolute atomic E-state index is 0.0674. The zero-order valence-corrected chi connectivity index (χ0v) is 17.4. The summed E-state index contributed by atoms with van der Waals surface area (Å²) in [5.74, 6) is 0.151. The van der Waals surface area contributed by atoms with Gasteiger partial charge in [0.15, 0.2) is 5.69 Å². The number of benzene rings is 1. The maximum atomic E-state index is 13.0. The molecule has 1 aromatic heterocycles. The van der Waals surface area contributed by atoms with Gasteiger partial charge >= 0.3 is 6.09 Å². The van der Waals surface area contributed by atoms with Gasteiger partial charge < -0.3 is 25.0 Å². The molecule has 0 bridgehead atoms. The maximum Gasteiger partial charge on any atom is 0.407 e. The van der Waals surface area contributed by atoms with Gasteiger partial charge in [0, 0.05) is 23.7 Å². The molecule has 29 heavy (non-hydrogen) atoms. The lowest BCUT2D eigenvalue weighted by molar-refractivity contribution is 0.0838. The van der Waals surface area contributed by atoms with Gasteiger partial charge in [0.1, 0.15) is 5.82 Å². The Kier molecular flexibility index (Phi) is 5.86. The average Bonchev–Trinajstić information content (AvgIpc) is 3.04. The van der Waals surface area contributed by atoms with Crippen LogP contribution >= 0.6 is 11.6 Å². The molecule has 0 spiro atoms. The van der Waals surface area contributed by atoms with Crippen LogP contribution in [-0.2, 0) is 13.1 Å². The largest absolute Gasteiger partial charge is 0.465 e. The molecule has 2 aromatic rings. The minimum Gasteiger partial charge on any atom is -0.465 e. The van der Waals surface area contributed by atoms with Crippen LogP contribution in [0.25, 0.3) is 11.4 Å². The Morgan fingerprint density at radius 3 is 2.45 bits per heavy atom. The summed E-state index contributed by atoms with van der Waals surface area (Å²) in [5, 5.41) is 22.5. The number of carboxylic acid groups (broad SMARTS) is 1. The van der Waals surface area contributed by atoms with Gasteiger partial charge in [-0.1, -0.05) is 32.4 Å². The molecule has 0 saturated heterocycles. The number of fused-ring (bicyclic) bond motifs is 1. The second-order valence-electron chi connectivity index (χ2n) is 8.17. The van der Waals surface area contributed by atoms with Crippen LogP contribution < -0.4 is 5.32 Å². The number of imidazole rings is 1. The van der Waals surface area contributed by atoms with Gasteiger partial charge in [0.2, 0.25) is 0 Å². The quantitative estimate of drug-likeness (QED) is 0.704. The molecule has 3 rings (SSSR count). The van der Waals surface area contributed by atoms with Crippen LogP contribution in [0.3, 0.4) is 0 Å². The summed E-state index contributed by atoms with van der Waals surface area (Å²) < 4.78 is 1.88. The van der Waals surface area contributed by atoms with Crippen molar-refractivity contribution in [1.82, 2.24) is 19.8 Å². The van der Waals surface area contributed by atoms with Crippen molar-refractivity contribution in [1.29, 1.82) is 0 Å². The maximum absolute atomic E-state index is 13.0. The van der Waals surface area contributed by atoms with Crippen molar-refractivity contribution in [3.8, 4) is 11.4 Å². The first-order valence-electron chi connectivity index (χ1n) is 9.36.